The van der Waals surface area contributed by atoms with Crippen molar-refractivity contribution in [1.82, 2.24) is 19.7 Å². The number of rotatable bonds is 10. The summed E-state index contributed by atoms with van der Waals surface area (Å²) in [4.78, 5) is 30.3. The molecule has 4 aromatic rings. The van der Waals surface area contributed by atoms with Crippen molar-refractivity contribution in [1.29, 1.82) is 0 Å². The Morgan fingerprint density at radius 1 is 0.941 bits per heavy atom. The molecule has 4 rings (SSSR count). The third-order valence-corrected chi connectivity index (χ3v) is 6.05. The Morgan fingerprint density at radius 3 is 2.35 bits per heavy atom. The second-order valence-electron chi connectivity index (χ2n) is 7.51. The molecule has 0 atom stereocenters. The molecule has 0 aliphatic carbocycles. The van der Waals surface area contributed by atoms with E-state index in [-0.39, 0.29) is 24.6 Å². The average Bonchev–Trinajstić information content (AvgIpc) is 3.26. The van der Waals surface area contributed by atoms with Gasteiger partial charge < -0.3 is 10.6 Å². The van der Waals surface area contributed by atoms with Crippen LogP contribution in [-0.2, 0) is 16.1 Å². The van der Waals surface area contributed by atoms with Crippen LogP contribution in [0, 0.1) is 0 Å². The van der Waals surface area contributed by atoms with E-state index in [1.54, 1.807) is 17.3 Å². The van der Waals surface area contributed by atoms with Crippen molar-refractivity contribution >= 4 is 29.3 Å². The predicted molar refractivity (Wildman–Crippen MR) is 132 cm³/mol. The number of hydrogen-bond acceptors (Lipinski definition) is 6. The smallest absolute Gasteiger partial charge is 0.237 e. The first-order valence-corrected chi connectivity index (χ1v) is 11.7. The number of nitrogens with zero attached hydrogens (tertiary/aromatic N) is 5. The molecule has 2 aromatic carbocycles. The van der Waals surface area contributed by atoms with E-state index in [4.69, 9.17) is 5.73 Å². The van der Waals surface area contributed by atoms with Gasteiger partial charge in [-0.25, -0.2) is 0 Å². The summed E-state index contributed by atoms with van der Waals surface area (Å²) < 4.78 is 1.99. The molecule has 0 radical (unpaired) electrons. The highest BCUT2D eigenvalue weighted by Crippen LogP contribution is 2.26. The summed E-state index contributed by atoms with van der Waals surface area (Å²) in [5.74, 6) is 0.216. The van der Waals surface area contributed by atoms with Gasteiger partial charge in [-0.05, 0) is 29.8 Å². The molecular formula is C25H24N6O2S. The molecule has 0 aliphatic heterocycles. The molecule has 8 nitrogen and oxygen atoms in total. The molecule has 0 aliphatic rings. The van der Waals surface area contributed by atoms with E-state index < -0.39 is 5.91 Å². The van der Waals surface area contributed by atoms with Gasteiger partial charge in [0, 0.05) is 36.6 Å². The Bertz CT molecular complexity index is 1230. The standard InChI is InChI=1S/C25H24N6O2S/c26-22(32)13-15-30(21-11-5-2-6-12-21)23(33)18-34-25-29-28-24(20-10-7-14-27-16-20)31(25)17-19-8-3-1-4-9-19/h1-12,14,16H,13,15,17-18H2,(H2,26,32). The minimum Gasteiger partial charge on any atom is -0.370 e. The second-order valence-corrected chi connectivity index (χ2v) is 8.45. The number of thioether (sulfide) groups is 1. The number of anilines is 1. The Kier molecular flexibility index (Phi) is 7.67. The fourth-order valence-corrected chi connectivity index (χ4v) is 4.26. The number of amides is 2. The number of benzene rings is 2. The molecule has 2 amide bonds. The Balaban J connectivity index is 1.57. The molecule has 0 spiro atoms. The van der Waals surface area contributed by atoms with Crippen molar-refractivity contribution in [2.45, 2.75) is 18.1 Å². The van der Waals surface area contributed by atoms with E-state index in [2.05, 4.69) is 15.2 Å². The van der Waals surface area contributed by atoms with Crippen molar-refractivity contribution in [3.8, 4) is 11.4 Å². The molecule has 0 saturated carbocycles. The number of hydrogen-bond donors (Lipinski definition) is 1. The Labute approximate surface area is 201 Å². The van der Waals surface area contributed by atoms with Crippen molar-refractivity contribution in [3.05, 3.63) is 90.8 Å². The molecule has 0 bridgehead atoms. The summed E-state index contributed by atoms with van der Waals surface area (Å²) in [5, 5.41) is 9.38. The zero-order valence-corrected chi connectivity index (χ0v) is 19.3. The molecule has 34 heavy (non-hydrogen) atoms. The van der Waals surface area contributed by atoms with Gasteiger partial charge in [0.2, 0.25) is 11.8 Å². The topological polar surface area (TPSA) is 107 Å². The molecular weight excluding hydrogens is 448 g/mol. The molecule has 2 N–H and O–H groups in total. The molecule has 0 saturated heterocycles. The highest BCUT2D eigenvalue weighted by molar-refractivity contribution is 7.99. The maximum atomic E-state index is 13.2. The van der Waals surface area contributed by atoms with Crippen LogP contribution in [0.1, 0.15) is 12.0 Å². The van der Waals surface area contributed by atoms with Crippen LogP contribution in [0.2, 0.25) is 0 Å². The molecule has 0 fully saturated rings. The van der Waals surface area contributed by atoms with Gasteiger partial charge in [0.25, 0.3) is 0 Å². The van der Waals surface area contributed by atoms with Crippen LogP contribution in [-0.4, -0.2) is 43.9 Å². The summed E-state index contributed by atoms with van der Waals surface area (Å²) in [6.07, 6.45) is 3.53. The fraction of sp³-hybridized carbons (Fsp3) is 0.160. The van der Waals surface area contributed by atoms with Gasteiger partial charge >= 0.3 is 0 Å². The van der Waals surface area contributed by atoms with E-state index in [0.29, 0.717) is 17.5 Å². The Hall–Kier alpha value is -3.98. The third kappa shape index (κ3) is 5.87. The van der Waals surface area contributed by atoms with Crippen LogP contribution in [0.4, 0.5) is 5.69 Å². The van der Waals surface area contributed by atoms with Gasteiger partial charge in [0.15, 0.2) is 11.0 Å². The lowest BCUT2D eigenvalue weighted by atomic mass is 10.2. The van der Waals surface area contributed by atoms with Crippen LogP contribution in [0.3, 0.4) is 0 Å². The average molecular weight is 473 g/mol. The first kappa shape index (κ1) is 23.2. The summed E-state index contributed by atoms with van der Waals surface area (Å²) >= 11 is 1.31. The summed E-state index contributed by atoms with van der Waals surface area (Å²) in [6.45, 7) is 0.773. The maximum Gasteiger partial charge on any atom is 0.237 e. The van der Waals surface area contributed by atoms with Crippen molar-refractivity contribution < 1.29 is 9.59 Å². The van der Waals surface area contributed by atoms with Gasteiger partial charge in [-0.2, -0.15) is 0 Å². The number of para-hydroxylation sites is 1. The summed E-state index contributed by atoms with van der Waals surface area (Å²) in [5.41, 5.74) is 7.98. The highest BCUT2D eigenvalue weighted by Gasteiger charge is 2.20. The maximum absolute atomic E-state index is 13.2. The van der Waals surface area contributed by atoms with Crippen LogP contribution in [0.15, 0.2) is 90.3 Å². The largest absolute Gasteiger partial charge is 0.370 e. The number of nitrogens with two attached hydrogens (primary N) is 1. The van der Waals surface area contributed by atoms with Gasteiger partial charge in [0.05, 0.1) is 12.3 Å². The fourth-order valence-electron chi connectivity index (χ4n) is 3.44. The van der Waals surface area contributed by atoms with Crippen molar-refractivity contribution in [2.75, 3.05) is 17.2 Å². The lowest BCUT2D eigenvalue weighted by Crippen LogP contribution is -2.35. The van der Waals surface area contributed by atoms with E-state index in [1.165, 1.54) is 11.8 Å². The number of primary amides is 1. The normalized spacial score (nSPS) is 10.7. The first-order valence-electron chi connectivity index (χ1n) is 10.8. The quantitative estimate of drug-likeness (QED) is 0.355. The van der Waals surface area contributed by atoms with Gasteiger partial charge in [-0.3, -0.25) is 19.1 Å². The van der Waals surface area contributed by atoms with E-state index in [0.717, 1.165) is 16.8 Å². The van der Waals surface area contributed by atoms with E-state index in [9.17, 15) is 9.59 Å². The van der Waals surface area contributed by atoms with Gasteiger partial charge in [-0.1, -0.05) is 60.3 Å². The van der Waals surface area contributed by atoms with Crippen LogP contribution < -0.4 is 10.6 Å². The van der Waals surface area contributed by atoms with Crippen molar-refractivity contribution in [2.24, 2.45) is 5.73 Å². The summed E-state index contributed by atoms with van der Waals surface area (Å²) in [6, 6.07) is 23.0. The molecule has 2 aromatic heterocycles. The van der Waals surface area contributed by atoms with Gasteiger partial charge in [-0.15, -0.1) is 10.2 Å². The molecule has 2 heterocycles. The lowest BCUT2D eigenvalue weighted by Gasteiger charge is -2.22. The molecule has 172 valence electrons. The molecule has 9 heteroatoms. The molecule has 0 unspecified atom stereocenters. The van der Waals surface area contributed by atoms with E-state index >= 15 is 0 Å². The zero-order valence-electron chi connectivity index (χ0n) is 18.4. The zero-order chi connectivity index (χ0) is 23.8. The van der Waals surface area contributed by atoms with Crippen LogP contribution in [0.5, 0.6) is 0 Å². The third-order valence-electron chi connectivity index (χ3n) is 5.10. The summed E-state index contributed by atoms with van der Waals surface area (Å²) in [7, 11) is 0. The SMILES string of the molecule is NC(=O)CCN(C(=O)CSc1nnc(-c2cccnc2)n1Cc1ccccc1)c1ccccc1. The first-order chi connectivity index (χ1) is 16.6. The number of aromatic nitrogens is 4. The number of pyridine rings is 1. The lowest BCUT2D eigenvalue weighted by molar-refractivity contribution is -0.118. The van der Waals surface area contributed by atoms with Gasteiger partial charge in [0.1, 0.15) is 0 Å². The monoisotopic (exact) mass is 472 g/mol. The van der Waals surface area contributed by atoms with Crippen molar-refractivity contribution in [3.63, 3.8) is 0 Å². The number of carbonyl (C=O) groups is 2. The predicted octanol–water partition coefficient (Wildman–Crippen LogP) is 3.39. The van der Waals surface area contributed by atoms with Crippen LogP contribution in [0.25, 0.3) is 11.4 Å². The van der Waals surface area contributed by atoms with Crippen LogP contribution >= 0.6 is 11.8 Å². The highest BCUT2D eigenvalue weighted by atomic mass is 32.2. The van der Waals surface area contributed by atoms with E-state index in [1.807, 2.05) is 77.4 Å². The minimum absolute atomic E-state index is 0.0840. The Morgan fingerprint density at radius 2 is 1.68 bits per heavy atom. The second kappa shape index (κ2) is 11.2. The number of carbonyl (C=O) groups excluding carboxylic acids is 2. The minimum atomic E-state index is -0.454.